The normalized spacial score (nSPS) is 29.1. The van der Waals surface area contributed by atoms with E-state index in [0.717, 1.165) is 25.7 Å². The molecule has 0 aromatic rings. The van der Waals surface area contributed by atoms with Gasteiger partial charge in [-0.3, -0.25) is 0 Å². The van der Waals surface area contributed by atoms with Crippen LogP contribution in [0.25, 0.3) is 0 Å². The summed E-state index contributed by atoms with van der Waals surface area (Å²) in [6.45, 7) is 3.40. The molecule has 2 rings (SSSR count). The summed E-state index contributed by atoms with van der Waals surface area (Å²) in [4.78, 5) is 27.1. The van der Waals surface area contributed by atoms with Crippen LogP contribution >= 0.6 is 0 Å². The number of hydrogen-bond acceptors (Lipinski definition) is 3. The number of carbonyl (C=O) groups excluding carboxylic acids is 1. The van der Waals surface area contributed by atoms with Crippen LogP contribution in [-0.2, 0) is 4.79 Å². The molecule has 2 N–H and O–H groups in total. The molecule has 2 amide bonds. The molecule has 0 spiro atoms. The summed E-state index contributed by atoms with van der Waals surface area (Å²) in [7, 11) is 0. The topological polar surface area (TPSA) is 81.1 Å². The summed E-state index contributed by atoms with van der Waals surface area (Å²) >= 11 is 0. The molecule has 20 heavy (non-hydrogen) atoms. The van der Waals surface area contributed by atoms with Crippen LogP contribution in [0.2, 0.25) is 0 Å². The fourth-order valence-electron chi connectivity index (χ4n) is 3.13. The number of aliphatic hydroxyl groups is 1. The number of amides is 2. The van der Waals surface area contributed by atoms with Crippen LogP contribution in [0.3, 0.4) is 0 Å². The van der Waals surface area contributed by atoms with Crippen LogP contribution in [0.1, 0.15) is 39.0 Å². The first-order chi connectivity index (χ1) is 9.50. The lowest BCUT2D eigenvalue weighted by atomic mass is 10.0. The summed E-state index contributed by atoms with van der Waals surface area (Å²) in [5.41, 5.74) is 0. The molecule has 0 aromatic carbocycles. The predicted octanol–water partition coefficient (Wildman–Crippen LogP) is 1.14. The van der Waals surface area contributed by atoms with Gasteiger partial charge in [0, 0.05) is 25.6 Å². The monoisotopic (exact) mass is 284 g/mol. The Hall–Kier alpha value is -1.30. The maximum absolute atomic E-state index is 12.5. The molecule has 0 aliphatic carbocycles. The van der Waals surface area contributed by atoms with E-state index in [1.165, 1.54) is 4.90 Å². The van der Waals surface area contributed by atoms with Crippen LogP contribution in [-0.4, -0.2) is 63.8 Å². The molecule has 2 aliphatic heterocycles. The van der Waals surface area contributed by atoms with Crippen LogP contribution in [0.4, 0.5) is 4.79 Å². The van der Waals surface area contributed by atoms with E-state index in [4.69, 9.17) is 0 Å². The van der Waals surface area contributed by atoms with Crippen molar-refractivity contribution in [2.75, 3.05) is 19.6 Å². The maximum atomic E-state index is 12.5. The first kappa shape index (κ1) is 15.1. The van der Waals surface area contributed by atoms with E-state index in [9.17, 15) is 19.8 Å². The van der Waals surface area contributed by atoms with E-state index < -0.39 is 18.1 Å². The Morgan fingerprint density at radius 1 is 1.15 bits per heavy atom. The van der Waals surface area contributed by atoms with Crippen LogP contribution in [0, 0.1) is 5.92 Å². The van der Waals surface area contributed by atoms with Gasteiger partial charge >= 0.3 is 12.0 Å². The fourth-order valence-corrected chi connectivity index (χ4v) is 3.13. The zero-order valence-electron chi connectivity index (χ0n) is 12.0. The molecule has 0 radical (unpaired) electrons. The molecule has 6 heteroatoms. The van der Waals surface area contributed by atoms with Crippen molar-refractivity contribution >= 4 is 12.0 Å². The first-order valence-electron chi connectivity index (χ1n) is 7.47. The second-order valence-electron chi connectivity index (χ2n) is 5.91. The Balaban J connectivity index is 2.04. The molecule has 2 fully saturated rings. The third-order valence-electron chi connectivity index (χ3n) is 4.46. The highest BCUT2D eigenvalue weighted by Crippen LogP contribution is 2.24. The average molecular weight is 284 g/mol. The van der Waals surface area contributed by atoms with Gasteiger partial charge in [-0.05, 0) is 26.2 Å². The third-order valence-corrected chi connectivity index (χ3v) is 4.46. The quantitative estimate of drug-likeness (QED) is 0.796. The Morgan fingerprint density at radius 3 is 2.50 bits per heavy atom. The minimum Gasteiger partial charge on any atom is -0.480 e. The largest absolute Gasteiger partial charge is 0.480 e. The molecule has 0 aromatic heterocycles. The predicted molar refractivity (Wildman–Crippen MR) is 73.4 cm³/mol. The van der Waals surface area contributed by atoms with Crippen LogP contribution in [0.5, 0.6) is 0 Å². The number of aliphatic carboxylic acids is 1. The van der Waals surface area contributed by atoms with Crippen molar-refractivity contribution in [1.82, 2.24) is 9.80 Å². The van der Waals surface area contributed by atoms with Gasteiger partial charge < -0.3 is 20.0 Å². The highest BCUT2D eigenvalue weighted by Gasteiger charge is 2.36. The summed E-state index contributed by atoms with van der Waals surface area (Å²) in [6, 6.07) is -0.877. The van der Waals surface area contributed by atoms with Gasteiger partial charge in [0.1, 0.15) is 6.04 Å². The second kappa shape index (κ2) is 6.43. The molecule has 3 atom stereocenters. The fraction of sp³-hybridized carbons (Fsp3) is 0.857. The van der Waals surface area contributed by atoms with Crippen molar-refractivity contribution in [2.24, 2.45) is 5.92 Å². The summed E-state index contributed by atoms with van der Waals surface area (Å²) in [5, 5.41) is 18.9. The first-order valence-corrected chi connectivity index (χ1v) is 7.47. The number of carbonyl (C=O) groups is 2. The Kier molecular flexibility index (Phi) is 4.86. The van der Waals surface area contributed by atoms with Gasteiger partial charge in [0.05, 0.1) is 6.10 Å². The number of hydrogen-bond donors (Lipinski definition) is 2. The van der Waals surface area contributed by atoms with E-state index in [-0.39, 0.29) is 11.9 Å². The molecular weight excluding hydrogens is 260 g/mol. The minimum absolute atomic E-state index is 0.106. The van der Waals surface area contributed by atoms with Crippen molar-refractivity contribution in [3.8, 4) is 0 Å². The van der Waals surface area contributed by atoms with E-state index in [0.29, 0.717) is 26.1 Å². The Morgan fingerprint density at radius 2 is 1.90 bits per heavy atom. The van der Waals surface area contributed by atoms with Gasteiger partial charge in [-0.2, -0.15) is 0 Å². The van der Waals surface area contributed by atoms with E-state index in [1.54, 1.807) is 11.8 Å². The van der Waals surface area contributed by atoms with Gasteiger partial charge in [0.25, 0.3) is 0 Å². The zero-order chi connectivity index (χ0) is 14.7. The second-order valence-corrected chi connectivity index (χ2v) is 5.91. The molecule has 3 unspecified atom stereocenters. The molecule has 2 heterocycles. The standard InChI is InChI=1S/C14H24N2O4/c1-10(17)11-6-8-15(9-11)14(20)16-7-4-2-3-5-12(16)13(18)19/h10-12,17H,2-9H2,1H3,(H,18,19). The number of urea groups is 1. The molecule has 114 valence electrons. The zero-order valence-corrected chi connectivity index (χ0v) is 12.0. The van der Waals surface area contributed by atoms with Crippen molar-refractivity contribution in [2.45, 2.75) is 51.2 Å². The Labute approximate surface area is 119 Å². The number of carboxylic acid groups (broad SMARTS) is 1. The van der Waals surface area contributed by atoms with Crippen LogP contribution in [0.15, 0.2) is 0 Å². The third kappa shape index (κ3) is 3.23. The lowest BCUT2D eigenvalue weighted by Gasteiger charge is -2.31. The van der Waals surface area contributed by atoms with Crippen molar-refractivity contribution in [1.29, 1.82) is 0 Å². The van der Waals surface area contributed by atoms with E-state index in [2.05, 4.69) is 0 Å². The highest BCUT2D eigenvalue weighted by molar-refractivity contribution is 5.83. The minimum atomic E-state index is -0.911. The number of aliphatic hydroxyl groups excluding tert-OH is 1. The van der Waals surface area contributed by atoms with Gasteiger partial charge in [-0.25, -0.2) is 9.59 Å². The summed E-state index contributed by atoms with van der Waals surface area (Å²) in [5.74, 6) is -0.805. The SMILES string of the molecule is CC(O)C1CCN(C(=O)N2CCCCCC2C(=O)O)C1. The number of rotatable bonds is 2. The van der Waals surface area contributed by atoms with Crippen molar-refractivity contribution in [3.63, 3.8) is 0 Å². The van der Waals surface area contributed by atoms with Crippen molar-refractivity contribution in [3.05, 3.63) is 0 Å². The molecule has 0 bridgehead atoms. The maximum Gasteiger partial charge on any atom is 0.326 e. The molecular formula is C14H24N2O4. The number of nitrogens with zero attached hydrogens (tertiary/aromatic N) is 2. The van der Waals surface area contributed by atoms with Gasteiger partial charge in [0.15, 0.2) is 0 Å². The average Bonchev–Trinajstić information content (AvgIpc) is 2.76. The smallest absolute Gasteiger partial charge is 0.326 e. The lowest BCUT2D eigenvalue weighted by Crippen LogP contribution is -2.50. The lowest BCUT2D eigenvalue weighted by molar-refractivity contribution is -0.142. The van der Waals surface area contributed by atoms with E-state index in [1.807, 2.05) is 0 Å². The van der Waals surface area contributed by atoms with Gasteiger partial charge in [0.2, 0.25) is 0 Å². The molecule has 2 aliphatic rings. The van der Waals surface area contributed by atoms with Crippen LogP contribution < -0.4 is 0 Å². The van der Waals surface area contributed by atoms with E-state index >= 15 is 0 Å². The van der Waals surface area contributed by atoms with Crippen molar-refractivity contribution < 1.29 is 19.8 Å². The summed E-state index contributed by atoms with van der Waals surface area (Å²) in [6.07, 6.45) is 3.60. The number of carboxylic acids is 1. The highest BCUT2D eigenvalue weighted by atomic mass is 16.4. The molecule has 2 saturated heterocycles. The summed E-state index contributed by atoms with van der Waals surface area (Å²) < 4.78 is 0. The van der Waals surface area contributed by atoms with Gasteiger partial charge in [-0.1, -0.05) is 12.8 Å². The van der Waals surface area contributed by atoms with Gasteiger partial charge in [-0.15, -0.1) is 0 Å². The molecule has 0 saturated carbocycles. The Bertz CT molecular complexity index is 372. The number of likely N-dealkylation sites (tertiary alicyclic amines) is 2. The molecule has 6 nitrogen and oxygen atoms in total.